The van der Waals surface area contributed by atoms with Crippen LogP contribution in [0.4, 0.5) is 11.5 Å². The maximum absolute atomic E-state index is 12.6. The minimum atomic E-state index is -3.86. The molecular weight excluding hydrogens is 503 g/mol. The van der Waals surface area contributed by atoms with Gasteiger partial charge >= 0.3 is 0 Å². The van der Waals surface area contributed by atoms with Crippen LogP contribution < -0.4 is 10.0 Å². The summed E-state index contributed by atoms with van der Waals surface area (Å²) in [6.07, 6.45) is 1.65. The third kappa shape index (κ3) is 5.51. The third-order valence-corrected chi connectivity index (χ3v) is 6.44. The van der Waals surface area contributed by atoms with E-state index in [-0.39, 0.29) is 16.6 Å². The lowest BCUT2D eigenvalue weighted by molar-refractivity contribution is -0.114. The van der Waals surface area contributed by atoms with E-state index in [2.05, 4.69) is 31.1 Å². The van der Waals surface area contributed by atoms with E-state index in [9.17, 15) is 13.2 Å². The number of rotatable bonds is 6. The molecule has 2 N–H and O–H groups in total. The molecule has 29 heavy (non-hydrogen) atoms. The van der Waals surface area contributed by atoms with Gasteiger partial charge in [-0.15, -0.1) is 0 Å². The molecule has 0 fully saturated rings. The summed E-state index contributed by atoms with van der Waals surface area (Å²) in [4.78, 5) is 11.1. The van der Waals surface area contributed by atoms with Gasteiger partial charge in [0.05, 0.1) is 26.0 Å². The monoisotopic (exact) mass is 516 g/mol. The fraction of sp³-hybridized carbons (Fsp3) is 0.111. The molecule has 0 saturated carbocycles. The zero-order chi connectivity index (χ0) is 21.2. The van der Waals surface area contributed by atoms with Gasteiger partial charge in [0.1, 0.15) is 0 Å². The smallest absolute Gasteiger partial charge is 0.263 e. The van der Waals surface area contributed by atoms with E-state index in [1.165, 1.54) is 31.2 Å². The second-order valence-electron chi connectivity index (χ2n) is 6.08. The van der Waals surface area contributed by atoms with Crippen LogP contribution in [-0.2, 0) is 21.4 Å². The number of amides is 1. The summed E-state index contributed by atoms with van der Waals surface area (Å²) >= 11 is 15.3. The molecule has 0 aliphatic rings. The molecule has 0 unspecified atom stereocenters. The van der Waals surface area contributed by atoms with Gasteiger partial charge in [0.25, 0.3) is 10.0 Å². The summed E-state index contributed by atoms with van der Waals surface area (Å²) in [6.45, 7) is 1.75. The van der Waals surface area contributed by atoms with Crippen molar-refractivity contribution in [1.82, 2.24) is 9.78 Å². The SMILES string of the molecule is CC(=O)Nc1ccc(S(=O)(=O)Nc2nn(Cc3ccc(Cl)c(Cl)c3)cc2Br)cc1. The van der Waals surface area contributed by atoms with Crippen molar-refractivity contribution < 1.29 is 13.2 Å². The predicted octanol–water partition coefficient (Wildman–Crippen LogP) is 4.76. The van der Waals surface area contributed by atoms with Gasteiger partial charge in [0.2, 0.25) is 5.91 Å². The summed E-state index contributed by atoms with van der Waals surface area (Å²) < 4.78 is 29.8. The largest absolute Gasteiger partial charge is 0.326 e. The van der Waals surface area contributed by atoms with Gasteiger partial charge in [0.15, 0.2) is 5.82 Å². The van der Waals surface area contributed by atoms with Crippen molar-refractivity contribution in [3.05, 3.63) is 68.7 Å². The highest BCUT2D eigenvalue weighted by Crippen LogP contribution is 2.26. The maximum Gasteiger partial charge on any atom is 0.263 e. The number of sulfonamides is 1. The molecule has 7 nitrogen and oxygen atoms in total. The van der Waals surface area contributed by atoms with Crippen LogP contribution in [-0.4, -0.2) is 24.1 Å². The van der Waals surface area contributed by atoms with E-state index in [1.54, 1.807) is 23.0 Å². The van der Waals surface area contributed by atoms with Crippen LogP contribution in [0.2, 0.25) is 10.0 Å². The number of nitrogens with zero attached hydrogens (tertiary/aromatic N) is 2. The lowest BCUT2D eigenvalue weighted by Crippen LogP contribution is -2.14. The average Bonchev–Trinajstić information content (AvgIpc) is 2.96. The van der Waals surface area contributed by atoms with Crippen LogP contribution in [0.5, 0.6) is 0 Å². The van der Waals surface area contributed by atoms with Crippen molar-refractivity contribution in [2.75, 3.05) is 10.0 Å². The normalized spacial score (nSPS) is 11.3. The van der Waals surface area contributed by atoms with E-state index in [4.69, 9.17) is 23.2 Å². The van der Waals surface area contributed by atoms with Crippen LogP contribution in [0, 0.1) is 0 Å². The van der Waals surface area contributed by atoms with Gasteiger partial charge in [-0.05, 0) is 57.9 Å². The van der Waals surface area contributed by atoms with Gasteiger partial charge in [0, 0.05) is 18.8 Å². The number of hydrogen-bond acceptors (Lipinski definition) is 4. The van der Waals surface area contributed by atoms with Crippen LogP contribution >= 0.6 is 39.1 Å². The number of halogens is 3. The molecule has 1 amide bonds. The Kier molecular flexibility index (Phi) is 6.52. The lowest BCUT2D eigenvalue weighted by Gasteiger charge is -2.08. The molecule has 0 aliphatic heterocycles. The summed E-state index contributed by atoms with van der Waals surface area (Å²) in [5.41, 5.74) is 1.36. The van der Waals surface area contributed by atoms with E-state index in [1.807, 2.05) is 6.07 Å². The molecule has 3 rings (SSSR count). The molecule has 152 valence electrons. The third-order valence-electron chi connectivity index (χ3n) is 3.76. The van der Waals surface area contributed by atoms with Gasteiger partial charge in [-0.2, -0.15) is 5.10 Å². The van der Waals surface area contributed by atoms with Gasteiger partial charge in [-0.1, -0.05) is 29.3 Å². The number of nitrogens with one attached hydrogen (secondary N) is 2. The van der Waals surface area contributed by atoms with E-state index < -0.39 is 10.0 Å². The Hall–Kier alpha value is -2.07. The lowest BCUT2D eigenvalue weighted by atomic mass is 10.2. The van der Waals surface area contributed by atoms with Crippen molar-refractivity contribution in [3.63, 3.8) is 0 Å². The highest BCUT2D eigenvalue weighted by molar-refractivity contribution is 9.10. The molecule has 0 atom stereocenters. The Morgan fingerprint density at radius 3 is 2.45 bits per heavy atom. The zero-order valence-corrected chi connectivity index (χ0v) is 18.9. The van der Waals surface area contributed by atoms with Gasteiger partial charge in [-0.25, -0.2) is 8.42 Å². The highest BCUT2D eigenvalue weighted by atomic mass is 79.9. The first kappa shape index (κ1) is 21.6. The second kappa shape index (κ2) is 8.74. The molecule has 0 bridgehead atoms. The van der Waals surface area contributed by atoms with Crippen LogP contribution in [0.15, 0.2) is 58.0 Å². The highest BCUT2D eigenvalue weighted by Gasteiger charge is 2.18. The number of anilines is 2. The van der Waals surface area contributed by atoms with Crippen LogP contribution in [0.1, 0.15) is 12.5 Å². The standard InChI is InChI=1S/C18H15BrCl2N4O3S/c1-11(26)22-13-3-5-14(6-4-13)29(27,28)24-18-15(19)10-25(23-18)9-12-2-7-16(20)17(21)8-12/h2-8,10H,9H2,1H3,(H,22,26)(H,23,24). The molecule has 0 spiro atoms. The molecule has 2 aromatic carbocycles. The number of aromatic nitrogens is 2. The Morgan fingerprint density at radius 1 is 1.14 bits per heavy atom. The first-order chi connectivity index (χ1) is 13.6. The van der Waals surface area contributed by atoms with E-state index in [0.717, 1.165) is 5.56 Å². The van der Waals surface area contributed by atoms with Crippen molar-refractivity contribution in [2.45, 2.75) is 18.4 Å². The number of carbonyl (C=O) groups is 1. The summed E-state index contributed by atoms with van der Waals surface area (Å²) in [7, 11) is -3.86. The van der Waals surface area contributed by atoms with Crippen LogP contribution in [0.25, 0.3) is 0 Å². The molecule has 0 radical (unpaired) electrons. The summed E-state index contributed by atoms with van der Waals surface area (Å²) in [5, 5.41) is 7.74. The van der Waals surface area contributed by atoms with E-state index >= 15 is 0 Å². The minimum Gasteiger partial charge on any atom is -0.326 e. The van der Waals surface area contributed by atoms with Crippen molar-refractivity contribution in [2.24, 2.45) is 0 Å². The molecule has 1 aromatic heterocycles. The quantitative estimate of drug-likeness (QED) is 0.493. The predicted molar refractivity (Wildman–Crippen MR) is 117 cm³/mol. The van der Waals surface area contributed by atoms with Crippen molar-refractivity contribution in [3.8, 4) is 0 Å². The minimum absolute atomic E-state index is 0.0394. The van der Waals surface area contributed by atoms with Crippen molar-refractivity contribution >= 4 is 66.6 Å². The second-order valence-corrected chi connectivity index (χ2v) is 9.43. The Bertz CT molecular complexity index is 1160. The molecule has 3 aromatic rings. The van der Waals surface area contributed by atoms with Crippen LogP contribution in [0.3, 0.4) is 0 Å². The fourth-order valence-corrected chi connectivity index (χ4v) is 4.36. The summed E-state index contributed by atoms with van der Waals surface area (Å²) in [5.74, 6) is -0.0915. The number of carbonyl (C=O) groups excluding carboxylic acids is 1. The first-order valence-corrected chi connectivity index (χ1v) is 11.2. The van der Waals surface area contributed by atoms with Gasteiger partial charge in [-0.3, -0.25) is 14.2 Å². The molecule has 0 saturated heterocycles. The first-order valence-electron chi connectivity index (χ1n) is 8.21. The topological polar surface area (TPSA) is 93.1 Å². The number of hydrogen-bond donors (Lipinski definition) is 2. The van der Waals surface area contributed by atoms with Gasteiger partial charge < -0.3 is 5.32 Å². The fourth-order valence-electron chi connectivity index (χ4n) is 2.48. The maximum atomic E-state index is 12.6. The molecular formula is C18H15BrCl2N4O3S. The Morgan fingerprint density at radius 2 is 1.83 bits per heavy atom. The Labute approximate surface area is 186 Å². The number of benzene rings is 2. The van der Waals surface area contributed by atoms with Crippen molar-refractivity contribution in [1.29, 1.82) is 0 Å². The molecule has 1 heterocycles. The molecule has 11 heteroatoms. The van der Waals surface area contributed by atoms with E-state index in [0.29, 0.717) is 26.8 Å². The average molecular weight is 518 g/mol. The molecule has 0 aliphatic carbocycles. The Balaban J connectivity index is 1.77. The zero-order valence-electron chi connectivity index (χ0n) is 15.0. The summed E-state index contributed by atoms with van der Waals surface area (Å²) in [6, 6.07) is 11.0.